The summed E-state index contributed by atoms with van der Waals surface area (Å²) in [5.74, 6) is 1.51. The second-order valence-electron chi connectivity index (χ2n) is 6.96. The van der Waals surface area contributed by atoms with Gasteiger partial charge in [0.25, 0.3) is 0 Å². The molecule has 136 valence electrons. The highest BCUT2D eigenvalue weighted by Crippen LogP contribution is 2.32. The van der Waals surface area contributed by atoms with Gasteiger partial charge in [-0.25, -0.2) is 0 Å². The number of rotatable bonds is 3. The number of anilines is 1. The summed E-state index contributed by atoms with van der Waals surface area (Å²) in [5, 5.41) is 2.97. The molecule has 0 atom stereocenters. The highest BCUT2D eigenvalue weighted by atomic mass is 16.5. The zero-order chi connectivity index (χ0) is 17.8. The lowest BCUT2D eigenvalue weighted by molar-refractivity contribution is -0.137. The maximum absolute atomic E-state index is 12.5. The number of amides is 2. The Hall–Kier alpha value is -2.24. The van der Waals surface area contributed by atoms with Gasteiger partial charge in [-0.15, -0.1) is 0 Å². The molecule has 1 fully saturated rings. The van der Waals surface area contributed by atoms with Crippen molar-refractivity contribution in [2.45, 2.75) is 33.1 Å². The molecule has 2 heterocycles. The number of nitrogens with zero attached hydrogens (tertiary/aromatic N) is 1. The number of ether oxygens (including phenoxy) is 2. The molecule has 0 unspecified atom stereocenters. The summed E-state index contributed by atoms with van der Waals surface area (Å²) in [6, 6.07) is 5.49. The van der Waals surface area contributed by atoms with E-state index in [1.54, 1.807) is 0 Å². The Kier molecular flexibility index (Phi) is 5.46. The van der Waals surface area contributed by atoms with Crippen molar-refractivity contribution in [2.75, 3.05) is 31.6 Å². The summed E-state index contributed by atoms with van der Waals surface area (Å²) in [5.41, 5.74) is 0.718. The van der Waals surface area contributed by atoms with Crippen LogP contribution in [-0.4, -0.2) is 43.0 Å². The van der Waals surface area contributed by atoms with Crippen LogP contribution in [0.2, 0.25) is 0 Å². The van der Waals surface area contributed by atoms with Crippen molar-refractivity contribution < 1.29 is 19.1 Å². The van der Waals surface area contributed by atoms with Gasteiger partial charge in [0, 0.05) is 43.1 Å². The van der Waals surface area contributed by atoms with Crippen molar-refractivity contribution in [3.05, 3.63) is 18.2 Å². The Bertz CT molecular complexity index is 636. The Morgan fingerprint density at radius 1 is 1.12 bits per heavy atom. The van der Waals surface area contributed by atoms with E-state index >= 15 is 0 Å². The van der Waals surface area contributed by atoms with Gasteiger partial charge in [-0.3, -0.25) is 9.59 Å². The van der Waals surface area contributed by atoms with Crippen LogP contribution < -0.4 is 14.8 Å². The van der Waals surface area contributed by atoms with Crippen molar-refractivity contribution in [3.63, 3.8) is 0 Å². The molecule has 6 nitrogen and oxygen atoms in total. The van der Waals surface area contributed by atoms with Gasteiger partial charge in [0.15, 0.2) is 11.5 Å². The molecular weight excluding hydrogens is 320 g/mol. The molecule has 1 saturated heterocycles. The minimum Gasteiger partial charge on any atom is -0.490 e. The smallest absolute Gasteiger partial charge is 0.227 e. The lowest BCUT2D eigenvalue weighted by Gasteiger charge is -2.32. The molecule has 6 heteroatoms. The summed E-state index contributed by atoms with van der Waals surface area (Å²) in [7, 11) is 0. The number of likely N-dealkylation sites (tertiary alicyclic amines) is 1. The number of nitrogens with one attached hydrogen (secondary N) is 1. The first-order valence-electron chi connectivity index (χ1n) is 9.04. The fourth-order valence-corrected chi connectivity index (χ4v) is 3.21. The highest BCUT2D eigenvalue weighted by molar-refractivity contribution is 5.93. The number of fused-ring (bicyclic) bond motifs is 1. The van der Waals surface area contributed by atoms with Crippen molar-refractivity contribution >= 4 is 17.5 Å². The van der Waals surface area contributed by atoms with E-state index in [1.807, 2.05) is 36.9 Å². The molecule has 0 radical (unpaired) electrons. The first-order valence-corrected chi connectivity index (χ1v) is 9.04. The molecule has 1 N–H and O–H groups in total. The molecule has 1 aromatic rings. The lowest BCUT2D eigenvalue weighted by atomic mass is 9.95. The summed E-state index contributed by atoms with van der Waals surface area (Å²) in [6.07, 6.45) is 2.26. The zero-order valence-electron chi connectivity index (χ0n) is 14.9. The average molecular weight is 346 g/mol. The van der Waals surface area contributed by atoms with Crippen LogP contribution >= 0.6 is 0 Å². The van der Waals surface area contributed by atoms with Crippen LogP contribution in [-0.2, 0) is 9.59 Å². The van der Waals surface area contributed by atoms with E-state index < -0.39 is 0 Å². The standard InChI is InChI=1S/C19H26N2O4/c1-13(2)19(23)21-8-6-14(7-9-21)18(22)20-15-4-5-16-17(12-15)25-11-3-10-24-16/h4-5,12-14H,3,6-11H2,1-2H3,(H,20,22). The summed E-state index contributed by atoms with van der Waals surface area (Å²) in [6.45, 7) is 6.38. The molecule has 0 saturated carbocycles. The van der Waals surface area contributed by atoms with E-state index in [1.165, 1.54) is 0 Å². The molecule has 2 aliphatic heterocycles. The maximum atomic E-state index is 12.5. The Morgan fingerprint density at radius 3 is 2.48 bits per heavy atom. The van der Waals surface area contributed by atoms with Gasteiger partial charge in [-0.1, -0.05) is 13.8 Å². The Labute approximate surface area is 148 Å². The van der Waals surface area contributed by atoms with Gasteiger partial charge in [-0.2, -0.15) is 0 Å². The van der Waals surface area contributed by atoms with E-state index in [2.05, 4.69) is 5.32 Å². The molecule has 0 spiro atoms. The second kappa shape index (κ2) is 7.76. The molecule has 2 amide bonds. The molecule has 0 aromatic heterocycles. The van der Waals surface area contributed by atoms with Gasteiger partial charge in [0.05, 0.1) is 13.2 Å². The van der Waals surface area contributed by atoms with Gasteiger partial charge in [0.1, 0.15) is 0 Å². The molecule has 0 aliphatic carbocycles. The van der Waals surface area contributed by atoms with Crippen molar-refractivity contribution in [3.8, 4) is 11.5 Å². The van der Waals surface area contributed by atoms with Crippen LogP contribution in [0, 0.1) is 11.8 Å². The van der Waals surface area contributed by atoms with Crippen LogP contribution in [0.25, 0.3) is 0 Å². The number of benzene rings is 1. The van der Waals surface area contributed by atoms with Crippen LogP contribution in [0.15, 0.2) is 18.2 Å². The summed E-state index contributed by atoms with van der Waals surface area (Å²) >= 11 is 0. The Balaban J connectivity index is 1.56. The first-order chi connectivity index (χ1) is 12.0. The molecule has 2 aliphatic rings. The van der Waals surface area contributed by atoms with E-state index in [0.29, 0.717) is 44.9 Å². The predicted molar refractivity (Wildman–Crippen MR) is 94.8 cm³/mol. The van der Waals surface area contributed by atoms with E-state index in [4.69, 9.17) is 9.47 Å². The molecular formula is C19H26N2O4. The number of hydrogen-bond acceptors (Lipinski definition) is 4. The van der Waals surface area contributed by atoms with Crippen molar-refractivity contribution in [1.82, 2.24) is 4.90 Å². The average Bonchev–Trinajstić information content (AvgIpc) is 2.86. The molecule has 3 rings (SSSR count). The number of hydrogen-bond donors (Lipinski definition) is 1. The van der Waals surface area contributed by atoms with Crippen LogP contribution in [0.1, 0.15) is 33.1 Å². The second-order valence-corrected chi connectivity index (χ2v) is 6.96. The van der Waals surface area contributed by atoms with E-state index in [0.717, 1.165) is 17.9 Å². The largest absolute Gasteiger partial charge is 0.490 e. The van der Waals surface area contributed by atoms with Crippen LogP contribution in [0.4, 0.5) is 5.69 Å². The fraction of sp³-hybridized carbons (Fsp3) is 0.579. The van der Waals surface area contributed by atoms with Gasteiger partial charge >= 0.3 is 0 Å². The Morgan fingerprint density at radius 2 is 1.80 bits per heavy atom. The highest BCUT2D eigenvalue weighted by Gasteiger charge is 2.28. The monoisotopic (exact) mass is 346 g/mol. The van der Waals surface area contributed by atoms with Crippen LogP contribution in [0.3, 0.4) is 0 Å². The predicted octanol–water partition coefficient (Wildman–Crippen LogP) is 2.68. The lowest BCUT2D eigenvalue weighted by Crippen LogP contribution is -2.43. The number of carbonyl (C=O) groups excluding carboxylic acids is 2. The zero-order valence-corrected chi connectivity index (χ0v) is 14.9. The topological polar surface area (TPSA) is 67.9 Å². The summed E-state index contributed by atoms with van der Waals surface area (Å²) < 4.78 is 11.3. The van der Waals surface area contributed by atoms with Gasteiger partial charge in [0.2, 0.25) is 11.8 Å². The minimum absolute atomic E-state index is 0.00568. The van der Waals surface area contributed by atoms with E-state index in [-0.39, 0.29) is 23.7 Å². The van der Waals surface area contributed by atoms with Crippen molar-refractivity contribution in [2.24, 2.45) is 11.8 Å². The minimum atomic E-state index is -0.0628. The quantitative estimate of drug-likeness (QED) is 0.914. The van der Waals surface area contributed by atoms with Gasteiger partial charge < -0.3 is 19.7 Å². The number of carbonyl (C=O) groups is 2. The number of piperidine rings is 1. The third-order valence-electron chi connectivity index (χ3n) is 4.69. The van der Waals surface area contributed by atoms with E-state index in [9.17, 15) is 9.59 Å². The molecule has 0 bridgehead atoms. The molecule has 1 aromatic carbocycles. The maximum Gasteiger partial charge on any atom is 0.227 e. The SMILES string of the molecule is CC(C)C(=O)N1CCC(C(=O)Nc2ccc3c(c2)OCCCO3)CC1. The van der Waals surface area contributed by atoms with Crippen LogP contribution in [0.5, 0.6) is 11.5 Å². The van der Waals surface area contributed by atoms with Crippen molar-refractivity contribution in [1.29, 1.82) is 0 Å². The third-order valence-corrected chi connectivity index (χ3v) is 4.69. The fourth-order valence-electron chi connectivity index (χ4n) is 3.21. The third kappa shape index (κ3) is 4.24. The first kappa shape index (κ1) is 17.6. The van der Waals surface area contributed by atoms with Gasteiger partial charge in [-0.05, 0) is 25.0 Å². The summed E-state index contributed by atoms with van der Waals surface area (Å²) in [4.78, 5) is 26.4. The molecule has 25 heavy (non-hydrogen) atoms. The normalized spacial score (nSPS) is 18.0.